The predicted molar refractivity (Wildman–Crippen MR) is 66.3 cm³/mol. The van der Waals surface area contributed by atoms with E-state index < -0.39 is 29.2 Å². The van der Waals surface area contributed by atoms with Crippen molar-refractivity contribution in [2.24, 2.45) is 0 Å². The number of ether oxygens (including phenoxy) is 1. The fraction of sp³-hybridized carbons (Fsp3) is 0.214. The highest BCUT2D eigenvalue weighted by molar-refractivity contribution is 5.36. The number of hydrogen-bond donors (Lipinski definition) is 1. The molecule has 0 saturated carbocycles. The standard InChI is InChI=1S/C14H11F4NO2/c1-21-10-4-8(6-19-7-10)13(20)11-5-9(14(16,17)18)2-3-12(11)15/h2-7,13,20H,1H3. The Hall–Kier alpha value is -2.15. The van der Waals surface area contributed by atoms with Crippen molar-refractivity contribution in [3.63, 3.8) is 0 Å². The lowest BCUT2D eigenvalue weighted by molar-refractivity contribution is -0.137. The first-order chi connectivity index (χ1) is 9.82. The molecule has 0 aliphatic heterocycles. The summed E-state index contributed by atoms with van der Waals surface area (Å²) in [7, 11) is 1.37. The number of benzene rings is 1. The second-order valence-corrected chi connectivity index (χ2v) is 4.29. The van der Waals surface area contributed by atoms with Crippen molar-refractivity contribution in [1.29, 1.82) is 0 Å². The Morgan fingerprint density at radius 3 is 2.52 bits per heavy atom. The van der Waals surface area contributed by atoms with Gasteiger partial charge in [0, 0.05) is 17.3 Å². The molecule has 1 aromatic heterocycles. The van der Waals surface area contributed by atoms with Crippen molar-refractivity contribution in [2.75, 3.05) is 7.11 Å². The van der Waals surface area contributed by atoms with Crippen LogP contribution >= 0.6 is 0 Å². The van der Waals surface area contributed by atoms with Gasteiger partial charge in [-0.05, 0) is 24.3 Å². The number of aliphatic hydroxyl groups excluding tert-OH is 1. The van der Waals surface area contributed by atoms with E-state index in [4.69, 9.17) is 4.74 Å². The van der Waals surface area contributed by atoms with Crippen molar-refractivity contribution < 1.29 is 27.4 Å². The van der Waals surface area contributed by atoms with E-state index in [-0.39, 0.29) is 5.56 Å². The van der Waals surface area contributed by atoms with Gasteiger partial charge in [-0.1, -0.05) is 0 Å². The molecule has 112 valence electrons. The maximum atomic E-state index is 13.7. The van der Waals surface area contributed by atoms with Gasteiger partial charge in [0.15, 0.2) is 0 Å². The van der Waals surface area contributed by atoms with E-state index in [1.165, 1.54) is 25.6 Å². The van der Waals surface area contributed by atoms with E-state index in [0.717, 1.165) is 0 Å². The maximum absolute atomic E-state index is 13.7. The number of aliphatic hydroxyl groups is 1. The van der Waals surface area contributed by atoms with Gasteiger partial charge in [-0.25, -0.2) is 4.39 Å². The average molecular weight is 301 g/mol. The zero-order valence-electron chi connectivity index (χ0n) is 10.9. The molecule has 0 radical (unpaired) electrons. The molecule has 0 amide bonds. The molecule has 7 heteroatoms. The van der Waals surface area contributed by atoms with Gasteiger partial charge >= 0.3 is 6.18 Å². The topological polar surface area (TPSA) is 42.4 Å². The highest BCUT2D eigenvalue weighted by atomic mass is 19.4. The van der Waals surface area contributed by atoms with Crippen LogP contribution in [0, 0.1) is 5.82 Å². The quantitative estimate of drug-likeness (QED) is 0.884. The molecule has 1 unspecified atom stereocenters. The molecule has 1 aromatic carbocycles. The summed E-state index contributed by atoms with van der Waals surface area (Å²) in [4.78, 5) is 3.77. The molecule has 0 fully saturated rings. The van der Waals surface area contributed by atoms with Crippen LogP contribution in [-0.4, -0.2) is 17.2 Å². The minimum absolute atomic E-state index is 0.132. The molecule has 0 spiro atoms. The van der Waals surface area contributed by atoms with E-state index >= 15 is 0 Å². The fourth-order valence-corrected chi connectivity index (χ4v) is 1.81. The van der Waals surface area contributed by atoms with Crippen LogP contribution in [0.25, 0.3) is 0 Å². The molecule has 1 heterocycles. The van der Waals surface area contributed by atoms with E-state index in [0.29, 0.717) is 23.9 Å². The number of methoxy groups -OCH3 is 1. The first-order valence-electron chi connectivity index (χ1n) is 5.86. The van der Waals surface area contributed by atoms with Crippen LogP contribution in [0.2, 0.25) is 0 Å². The normalized spacial score (nSPS) is 13.0. The van der Waals surface area contributed by atoms with Crippen LogP contribution in [0.4, 0.5) is 17.6 Å². The van der Waals surface area contributed by atoms with Crippen molar-refractivity contribution >= 4 is 0 Å². The van der Waals surface area contributed by atoms with Crippen LogP contribution in [-0.2, 0) is 6.18 Å². The fourth-order valence-electron chi connectivity index (χ4n) is 1.81. The maximum Gasteiger partial charge on any atom is 0.416 e. The van der Waals surface area contributed by atoms with Gasteiger partial charge in [0.2, 0.25) is 0 Å². The summed E-state index contributed by atoms with van der Waals surface area (Å²) in [5.41, 5.74) is -1.37. The van der Waals surface area contributed by atoms with Crippen molar-refractivity contribution in [3.8, 4) is 5.75 Å². The van der Waals surface area contributed by atoms with Gasteiger partial charge in [-0.15, -0.1) is 0 Å². The molecular weight excluding hydrogens is 290 g/mol. The highest BCUT2D eigenvalue weighted by Crippen LogP contribution is 2.33. The van der Waals surface area contributed by atoms with Crippen LogP contribution in [0.3, 0.4) is 0 Å². The smallest absolute Gasteiger partial charge is 0.416 e. The minimum atomic E-state index is -4.62. The van der Waals surface area contributed by atoms with Crippen LogP contribution < -0.4 is 4.74 Å². The van der Waals surface area contributed by atoms with Gasteiger partial charge < -0.3 is 9.84 Å². The van der Waals surface area contributed by atoms with Crippen molar-refractivity contribution in [2.45, 2.75) is 12.3 Å². The van der Waals surface area contributed by atoms with Gasteiger partial charge in [0.25, 0.3) is 0 Å². The number of hydrogen-bond acceptors (Lipinski definition) is 3. The largest absolute Gasteiger partial charge is 0.495 e. The highest BCUT2D eigenvalue weighted by Gasteiger charge is 2.32. The Kier molecular flexibility index (Phi) is 4.13. The lowest BCUT2D eigenvalue weighted by Crippen LogP contribution is -2.09. The monoisotopic (exact) mass is 301 g/mol. The lowest BCUT2D eigenvalue weighted by atomic mass is 10.00. The summed E-state index contributed by atoms with van der Waals surface area (Å²) in [6, 6.07) is 3.25. The second kappa shape index (κ2) is 5.69. The van der Waals surface area contributed by atoms with Gasteiger partial charge in [-0.2, -0.15) is 13.2 Å². The number of halogens is 4. The van der Waals surface area contributed by atoms with Crippen molar-refractivity contribution in [3.05, 3.63) is 59.2 Å². The van der Waals surface area contributed by atoms with Crippen LogP contribution in [0.5, 0.6) is 5.75 Å². The average Bonchev–Trinajstić information content (AvgIpc) is 2.46. The molecule has 1 atom stereocenters. The SMILES string of the molecule is COc1cncc(C(O)c2cc(C(F)(F)F)ccc2F)c1. The number of aromatic nitrogens is 1. The predicted octanol–water partition coefficient (Wildman–Crippen LogP) is 3.33. The van der Waals surface area contributed by atoms with Crippen LogP contribution in [0.1, 0.15) is 22.8 Å². The molecule has 0 aliphatic carbocycles. The Morgan fingerprint density at radius 1 is 1.19 bits per heavy atom. The Balaban J connectivity index is 2.44. The zero-order chi connectivity index (χ0) is 15.6. The Bertz CT molecular complexity index is 643. The third-order valence-corrected chi connectivity index (χ3v) is 2.90. The Labute approximate surface area is 117 Å². The molecule has 0 saturated heterocycles. The lowest BCUT2D eigenvalue weighted by Gasteiger charge is -2.15. The molecule has 2 aromatic rings. The summed E-state index contributed by atoms with van der Waals surface area (Å²) >= 11 is 0. The first-order valence-corrected chi connectivity index (χ1v) is 5.86. The summed E-state index contributed by atoms with van der Waals surface area (Å²) in [6.45, 7) is 0. The summed E-state index contributed by atoms with van der Waals surface area (Å²) in [5.74, 6) is -0.628. The molecule has 0 bridgehead atoms. The van der Waals surface area contributed by atoms with E-state index in [9.17, 15) is 22.7 Å². The van der Waals surface area contributed by atoms with E-state index in [1.807, 2.05) is 0 Å². The first kappa shape index (κ1) is 15.2. The number of nitrogens with zero attached hydrogens (tertiary/aromatic N) is 1. The van der Waals surface area contributed by atoms with Crippen molar-refractivity contribution in [1.82, 2.24) is 4.98 Å². The number of alkyl halides is 3. The molecule has 2 rings (SSSR count). The third-order valence-electron chi connectivity index (χ3n) is 2.90. The Morgan fingerprint density at radius 2 is 1.90 bits per heavy atom. The van der Waals surface area contributed by atoms with Crippen LogP contribution in [0.15, 0.2) is 36.7 Å². The van der Waals surface area contributed by atoms with Gasteiger partial charge in [0.05, 0.1) is 18.9 Å². The molecule has 0 aliphatic rings. The van der Waals surface area contributed by atoms with E-state index in [2.05, 4.69) is 4.98 Å². The zero-order valence-corrected chi connectivity index (χ0v) is 10.9. The van der Waals surface area contributed by atoms with Gasteiger partial charge in [-0.3, -0.25) is 4.98 Å². The van der Waals surface area contributed by atoms with E-state index in [1.54, 1.807) is 0 Å². The summed E-state index contributed by atoms with van der Waals surface area (Å²) in [6.07, 6.45) is -3.60. The molecular formula is C14H11F4NO2. The summed E-state index contributed by atoms with van der Waals surface area (Å²) < 4.78 is 56.5. The molecule has 21 heavy (non-hydrogen) atoms. The number of rotatable bonds is 3. The minimum Gasteiger partial charge on any atom is -0.495 e. The molecule has 1 N–H and O–H groups in total. The van der Waals surface area contributed by atoms with Gasteiger partial charge in [0.1, 0.15) is 17.7 Å². The third kappa shape index (κ3) is 3.30. The summed E-state index contributed by atoms with van der Waals surface area (Å²) in [5, 5.41) is 10.1. The number of pyridine rings is 1. The second-order valence-electron chi connectivity index (χ2n) is 4.29. The molecule has 3 nitrogen and oxygen atoms in total.